The molecule has 8 nitrogen and oxygen atoms in total. The predicted molar refractivity (Wildman–Crippen MR) is 96.8 cm³/mol. The monoisotopic (exact) mass is 354 g/mol. The zero-order valence-electron chi connectivity index (χ0n) is 14.9. The van der Waals surface area contributed by atoms with Crippen molar-refractivity contribution in [3.05, 3.63) is 36.0 Å². The summed E-state index contributed by atoms with van der Waals surface area (Å²) in [6.45, 7) is 5.37. The highest BCUT2D eigenvalue weighted by Gasteiger charge is 2.32. The highest BCUT2D eigenvalue weighted by atomic mass is 16.4. The SMILES string of the molecule is Cc1nnc(N2CC(CNC(=O)Cc3c[nH]c4cccnc34)CC2C)o1. The smallest absolute Gasteiger partial charge is 0.318 e. The van der Waals surface area contributed by atoms with Crippen LogP contribution in [-0.2, 0) is 11.2 Å². The van der Waals surface area contributed by atoms with Gasteiger partial charge in [-0.25, -0.2) is 0 Å². The van der Waals surface area contributed by atoms with Gasteiger partial charge >= 0.3 is 6.01 Å². The van der Waals surface area contributed by atoms with E-state index in [0.717, 1.165) is 29.6 Å². The highest BCUT2D eigenvalue weighted by Crippen LogP contribution is 2.27. The van der Waals surface area contributed by atoms with Gasteiger partial charge in [0.25, 0.3) is 0 Å². The highest BCUT2D eigenvalue weighted by molar-refractivity contribution is 5.86. The van der Waals surface area contributed by atoms with E-state index in [-0.39, 0.29) is 5.91 Å². The summed E-state index contributed by atoms with van der Waals surface area (Å²) < 4.78 is 5.53. The van der Waals surface area contributed by atoms with Crippen LogP contribution < -0.4 is 10.2 Å². The average molecular weight is 354 g/mol. The van der Waals surface area contributed by atoms with Crippen LogP contribution in [0.2, 0.25) is 0 Å². The molecular weight excluding hydrogens is 332 g/mol. The fourth-order valence-corrected chi connectivity index (χ4v) is 3.60. The van der Waals surface area contributed by atoms with Gasteiger partial charge < -0.3 is 19.6 Å². The first-order valence-electron chi connectivity index (χ1n) is 8.84. The predicted octanol–water partition coefficient (Wildman–Crippen LogP) is 1.83. The molecule has 0 radical (unpaired) electrons. The molecule has 1 saturated heterocycles. The molecule has 0 saturated carbocycles. The van der Waals surface area contributed by atoms with Crippen molar-refractivity contribution >= 4 is 23.0 Å². The van der Waals surface area contributed by atoms with Crippen LogP contribution in [0, 0.1) is 12.8 Å². The van der Waals surface area contributed by atoms with Gasteiger partial charge in [0.05, 0.1) is 17.5 Å². The fraction of sp³-hybridized carbons (Fsp3) is 0.444. The number of nitrogens with one attached hydrogen (secondary N) is 2. The van der Waals surface area contributed by atoms with E-state index in [1.54, 1.807) is 13.1 Å². The first kappa shape index (κ1) is 16.6. The third kappa shape index (κ3) is 3.26. The Morgan fingerprint density at radius 1 is 1.46 bits per heavy atom. The molecule has 26 heavy (non-hydrogen) atoms. The summed E-state index contributed by atoms with van der Waals surface area (Å²) in [6, 6.07) is 4.71. The molecule has 0 aromatic carbocycles. The van der Waals surface area contributed by atoms with Crippen LogP contribution in [0.15, 0.2) is 28.9 Å². The van der Waals surface area contributed by atoms with E-state index < -0.39 is 0 Å². The summed E-state index contributed by atoms with van der Waals surface area (Å²) in [4.78, 5) is 21.9. The van der Waals surface area contributed by atoms with E-state index in [1.807, 2.05) is 18.3 Å². The van der Waals surface area contributed by atoms with E-state index in [0.29, 0.717) is 36.8 Å². The van der Waals surface area contributed by atoms with Gasteiger partial charge in [0.15, 0.2) is 0 Å². The minimum atomic E-state index is 0.0105. The summed E-state index contributed by atoms with van der Waals surface area (Å²) in [6.07, 6.45) is 4.90. The lowest BCUT2D eigenvalue weighted by atomic mass is 10.1. The standard InChI is InChI=1S/C18H22N6O2/c1-11-6-13(10-24(11)18-23-22-12(2)26-18)8-21-16(25)7-14-9-20-15-4-3-5-19-17(14)15/h3-5,9,11,13,20H,6-8,10H2,1-2H3,(H,21,25). The summed E-state index contributed by atoms with van der Waals surface area (Å²) in [7, 11) is 0. The van der Waals surface area contributed by atoms with Crippen molar-refractivity contribution in [3.8, 4) is 0 Å². The molecule has 136 valence electrons. The van der Waals surface area contributed by atoms with E-state index >= 15 is 0 Å². The van der Waals surface area contributed by atoms with Crippen molar-refractivity contribution in [3.63, 3.8) is 0 Å². The van der Waals surface area contributed by atoms with E-state index in [1.165, 1.54) is 0 Å². The number of aryl methyl sites for hydroxylation is 1. The van der Waals surface area contributed by atoms with Crippen molar-refractivity contribution in [2.24, 2.45) is 5.92 Å². The second-order valence-corrected chi connectivity index (χ2v) is 6.90. The van der Waals surface area contributed by atoms with Crippen molar-refractivity contribution in [2.45, 2.75) is 32.7 Å². The number of hydrogen-bond acceptors (Lipinski definition) is 6. The summed E-state index contributed by atoms with van der Waals surface area (Å²) >= 11 is 0. The molecule has 3 aromatic heterocycles. The molecule has 1 aliphatic heterocycles. The van der Waals surface area contributed by atoms with Crippen LogP contribution in [0.1, 0.15) is 24.8 Å². The number of hydrogen-bond donors (Lipinski definition) is 2. The van der Waals surface area contributed by atoms with Crippen molar-refractivity contribution in [2.75, 3.05) is 18.0 Å². The number of aromatic amines is 1. The molecule has 2 N–H and O–H groups in total. The number of carbonyl (C=O) groups is 1. The number of rotatable bonds is 5. The Morgan fingerprint density at radius 3 is 3.15 bits per heavy atom. The number of fused-ring (bicyclic) bond motifs is 1. The minimum Gasteiger partial charge on any atom is -0.408 e. The second-order valence-electron chi connectivity index (χ2n) is 6.90. The molecular formula is C18H22N6O2. The Kier molecular flexibility index (Phi) is 4.32. The molecule has 4 rings (SSSR count). The Morgan fingerprint density at radius 2 is 2.35 bits per heavy atom. The normalized spacial score (nSPS) is 20.0. The van der Waals surface area contributed by atoms with E-state index in [4.69, 9.17) is 4.42 Å². The third-order valence-corrected chi connectivity index (χ3v) is 4.88. The number of anilines is 1. The van der Waals surface area contributed by atoms with Crippen LogP contribution in [0.4, 0.5) is 6.01 Å². The lowest BCUT2D eigenvalue weighted by molar-refractivity contribution is -0.120. The van der Waals surface area contributed by atoms with Crippen molar-refractivity contribution in [1.82, 2.24) is 25.5 Å². The number of amides is 1. The maximum absolute atomic E-state index is 12.3. The maximum Gasteiger partial charge on any atom is 0.318 e. The Bertz CT molecular complexity index is 917. The summed E-state index contributed by atoms with van der Waals surface area (Å²) in [5.74, 6) is 0.940. The third-order valence-electron chi connectivity index (χ3n) is 4.88. The molecule has 2 atom stereocenters. The first-order valence-corrected chi connectivity index (χ1v) is 8.84. The lowest BCUT2D eigenvalue weighted by Crippen LogP contribution is -2.32. The van der Waals surface area contributed by atoms with Crippen LogP contribution in [0.3, 0.4) is 0 Å². The number of nitrogens with zero attached hydrogens (tertiary/aromatic N) is 4. The van der Waals surface area contributed by atoms with Gasteiger partial charge in [-0.15, -0.1) is 5.10 Å². The Hall–Kier alpha value is -2.90. The molecule has 1 aliphatic rings. The Labute approximate surface area is 151 Å². The van der Waals surface area contributed by atoms with Gasteiger partial charge in [-0.3, -0.25) is 9.78 Å². The molecule has 0 aliphatic carbocycles. The number of H-pyrrole nitrogens is 1. The molecule has 2 unspecified atom stereocenters. The summed E-state index contributed by atoms with van der Waals surface area (Å²) in [5, 5.41) is 11.0. The van der Waals surface area contributed by atoms with E-state index in [2.05, 4.69) is 37.3 Å². The molecule has 0 bridgehead atoms. The molecule has 1 amide bonds. The Balaban J connectivity index is 1.32. The van der Waals surface area contributed by atoms with Crippen LogP contribution in [0.5, 0.6) is 0 Å². The maximum atomic E-state index is 12.3. The van der Waals surface area contributed by atoms with Crippen molar-refractivity contribution < 1.29 is 9.21 Å². The zero-order chi connectivity index (χ0) is 18.1. The topological polar surface area (TPSA) is 99.9 Å². The summed E-state index contributed by atoms with van der Waals surface area (Å²) in [5.41, 5.74) is 2.72. The van der Waals surface area contributed by atoms with Gasteiger partial charge in [0.2, 0.25) is 11.8 Å². The number of carbonyl (C=O) groups excluding carboxylic acids is 1. The molecule has 8 heteroatoms. The van der Waals surface area contributed by atoms with E-state index in [9.17, 15) is 4.79 Å². The zero-order valence-corrected chi connectivity index (χ0v) is 14.9. The quantitative estimate of drug-likeness (QED) is 0.725. The van der Waals surface area contributed by atoms with Crippen molar-refractivity contribution in [1.29, 1.82) is 0 Å². The first-order chi connectivity index (χ1) is 12.6. The van der Waals surface area contributed by atoms with Gasteiger partial charge in [0, 0.05) is 44.0 Å². The van der Waals surface area contributed by atoms with Gasteiger partial charge in [-0.05, 0) is 31.4 Å². The van der Waals surface area contributed by atoms with Crippen LogP contribution in [0.25, 0.3) is 11.0 Å². The number of pyridine rings is 1. The largest absolute Gasteiger partial charge is 0.408 e. The average Bonchev–Trinajstić information content (AvgIpc) is 3.32. The second kappa shape index (κ2) is 6.78. The molecule has 3 aromatic rings. The molecule has 1 fully saturated rings. The molecule has 0 spiro atoms. The van der Waals surface area contributed by atoms with Gasteiger partial charge in [0.1, 0.15) is 0 Å². The number of aromatic nitrogens is 4. The van der Waals surface area contributed by atoms with Gasteiger partial charge in [-0.1, -0.05) is 5.10 Å². The lowest BCUT2D eigenvalue weighted by Gasteiger charge is -2.17. The van der Waals surface area contributed by atoms with Gasteiger partial charge in [-0.2, -0.15) is 0 Å². The minimum absolute atomic E-state index is 0.0105. The van der Waals surface area contributed by atoms with Crippen LogP contribution >= 0.6 is 0 Å². The van der Waals surface area contributed by atoms with Crippen LogP contribution in [-0.4, -0.2) is 45.2 Å². The fourth-order valence-electron chi connectivity index (χ4n) is 3.60. The molecule has 4 heterocycles.